The predicted octanol–water partition coefficient (Wildman–Crippen LogP) is 4.55. The van der Waals surface area contributed by atoms with Crippen molar-refractivity contribution in [2.45, 2.75) is 53.9 Å². The molecule has 0 bridgehead atoms. The Morgan fingerprint density at radius 2 is 1.79 bits per heavy atom. The van der Waals surface area contributed by atoms with Crippen molar-refractivity contribution in [1.29, 1.82) is 0 Å². The van der Waals surface area contributed by atoms with E-state index in [9.17, 15) is 4.79 Å². The van der Waals surface area contributed by atoms with Crippen LogP contribution < -0.4 is 4.90 Å². The molecule has 6 heteroatoms. The Morgan fingerprint density at radius 1 is 1.14 bits per heavy atom. The number of piperazine rings is 1. The van der Waals surface area contributed by atoms with E-state index in [0.717, 1.165) is 50.0 Å². The fraction of sp³-hybridized carbons (Fsp3) is 0.609. The van der Waals surface area contributed by atoms with Crippen LogP contribution in [0, 0.1) is 18.3 Å². The molecule has 0 radical (unpaired) electrons. The number of aromatic nitrogens is 2. The summed E-state index contributed by atoms with van der Waals surface area (Å²) in [6.45, 7) is 14.2. The lowest BCUT2D eigenvalue weighted by atomic mass is 9.84. The van der Waals surface area contributed by atoms with Gasteiger partial charge in [-0.15, -0.1) is 0 Å². The van der Waals surface area contributed by atoms with Crippen molar-refractivity contribution >= 4 is 22.6 Å². The Kier molecular flexibility index (Phi) is 6.93. The number of anilines is 1. The highest BCUT2D eigenvalue weighted by molar-refractivity contribution is 7.09. The first-order chi connectivity index (χ1) is 13.7. The average molecular weight is 415 g/mol. The van der Waals surface area contributed by atoms with Gasteiger partial charge < -0.3 is 9.80 Å². The highest BCUT2D eigenvalue weighted by atomic mass is 32.1. The predicted molar refractivity (Wildman–Crippen MR) is 121 cm³/mol. The molecule has 0 unspecified atom stereocenters. The summed E-state index contributed by atoms with van der Waals surface area (Å²) < 4.78 is 4.54. The average Bonchev–Trinajstić information content (AvgIpc) is 3.10. The Hall–Kier alpha value is -1.95. The largest absolute Gasteiger partial charge is 0.343 e. The summed E-state index contributed by atoms with van der Waals surface area (Å²) in [4.78, 5) is 21.7. The number of carbonyl (C=O) groups excluding carboxylic acids is 1. The van der Waals surface area contributed by atoms with Gasteiger partial charge >= 0.3 is 0 Å². The fourth-order valence-electron chi connectivity index (χ4n) is 4.03. The van der Waals surface area contributed by atoms with Gasteiger partial charge in [0.1, 0.15) is 5.82 Å². The molecule has 2 aromatic rings. The van der Waals surface area contributed by atoms with Crippen LogP contribution in [0.5, 0.6) is 0 Å². The number of nitrogens with zero attached hydrogens (tertiary/aromatic N) is 4. The third-order valence-electron chi connectivity index (χ3n) is 5.33. The molecule has 29 heavy (non-hydrogen) atoms. The van der Waals surface area contributed by atoms with Crippen LogP contribution in [-0.2, 0) is 11.2 Å². The van der Waals surface area contributed by atoms with Crippen LogP contribution in [0.3, 0.4) is 0 Å². The molecule has 1 amide bonds. The molecule has 1 aromatic heterocycles. The van der Waals surface area contributed by atoms with Gasteiger partial charge in [-0.2, -0.15) is 4.37 Å². The molecule has 1 aliphatic rings. The lowest BCUT2D eigenvalue weighted by molar-refractivity contribution is -0.132. The maximum Gasteiger partial charge on any atom is 0.222 e. The van der Waals surface area contributed by atoms with Crippen LogP contribution in [0.15, 0.2) is 24.3 Å². The van der Waals surface area contributed by atoms with Gasteiger partial charge in [-0.25, -0.2) is 4.98 Å². The molecular formula is C23H34N4OS. The SMILES string of the molecule is Cc1ccc(Cc2nsc(N3CCN(C(=O)C[C@H](C)CC(C)(C)C)CC3)n2)cc1. The van der Waals surface area contributed by atoms with Crippen LogP contribution >= 0.6 is 11.5 Å². The zero-order valence-corrected chi connectivity index (χ0v) is 19.3. The molecule has 158 valence electrons. The van der Waals surface area contributed by atoms with E-state index in [-0.39, 0.29) is 5.41 Å². The van der Waals surface area contributed by atoms with Gasteiger partial charge in [0.25, 0.3) is 0 Å². The summed E-state index contributed by atoms with van der Waals surface area (Å²) in [6.07, 6.45) is 2.49. The maximum absolute atomic E-state index is 12.7. The molecule has 1 aliphatic heterocycles. The second kappa shape index (κ2) is 9.24. The van der Waals surface area contributed by atoms with Crippen molar-refractivity contribution < 1.29 is 4.79 Å². The molecule has 1 atom stereocenters. The van der Waals surface area contributed by atoms with Crippen molar-refractivity contribution in [2.24, 2.45) is 11.3 Å². The lowest BCUT2D eigenvalue weighted by Gasteiger charge is -2.35. The summed E-state index contributed by atoms with van der Waals surface area (Å²) >= 11 is 1.47. The second-order valence-electron chi connectivity index (χ2n) is 9.60. The van der Waals surface area contributed by atoms with Crippen LogP contribution in [0.1, 0.15) is 57.5 Å². The maximum atomic E-state index is 12.7. The Bertz CT molecular complexity index is 801. The first kappa shape index (κ1) is 21.8. The minimum Gasteiger partial charge on any atom is -0.343 e. The van der Waals surface area contributed by atoms with E-state index in [2.05, 4.69) is 68.2 Å². The minimum atomic E-state index is 0.270. The quantitative estimate of drug-likeness (QED) is 0.696. The molecule has 1 fully saturated rings. The summed E-state index contributed by atoms with van der Waals surface area (Å²) in [5, 5.41) is 0.973. The third-order valence-corrected chi connectivity index (χ3v) is 6.14. The van der Waals surface area contributed by atoms with E-state index in [1.165, 1.54) is 22.7 Å². The highest BCUT2D eigenvalue weighted by Crippen LogP contribution is 2.27. The van der Waals surface area contributed by atoms with E-state index in [0.29, 0.717) is 18.2 Å². The highest BCUT2D eigenvalue weighted by Gasteiger charge is 2.25. The third kappa shape index (κ3) is 6.53. The van der Waals surface area contributed by atoms with E-state index in [4.69, 9.17) is 4.98 Å². The minimum absolute atomic E-state index is 0.270. The molecule has 3 rings (SSSR count). The Labute approximate surface area is 179 Å². The van der Waals surface area contributed by atoms with Gasteiger partial charge in [0.15, 0.2) is 0 Å². The molecule has 1 saturated heterocycles. The zero-order valence-electron chi connectivity index (χ0n) is 18.4. The van der Waals surface area contributed by atoms with E-state index >= 15 is 0 Å². The number of amides is 1. The normalized spacial score (nSPS) is 16.2. The number of hydrogen-bond donors (Lipinski definition) is 0. The summed E-state index contributed by atoms with van der Waals surface area (Å²) in [6, 6.07) is 8.53. The van der Waals surface area contributed by atoms with Gasteiger partial charge in [0, 0.05) is 50.6 Å². The van der Waals surface area contributed by atoms with Crippen molar-refractivity contribution in [1.82, 2.24) is 14.3 Å². The monoisotopic (exact) mass is 414 g/mol. The van der Waals surface area contributed by atoms with Crippen molar-refractivity contribution in [3.8, 4) is 0 Å². The number of hydrogen-bond acceptors (Lipinski definition) is 5. The van der Waals surface area contributed by atoms with Gasteiger partial charge in [-0.05, 0) is 30.2 Å². The summed E-state index contributed by atoms with van der Waals surface area (Å²) in [7, 11) is 0. The van der Waals surface area contributed by atoms with Crippen molar-refractivity contribution in [3.63, 3.8) is 0 Å². The van der Waals surface area contributed by atoms with E-state index < -0.39 is 0 Å². The van der Waals surface area contributed by atoms with Gasteiger partial charge in [-0.1, -0.05) is 57.5 Å². The molecule has 5 nitrogen and oxygen atoms in total. The number of carbonyl (C=O) groups is 1. The number of rotatable bonds is 6. The van der Waals surface area contributed by atoms with Crippen molar-refractivity contribution in [2.75, 3.05) is 31.1 Å². The topological polar surface area (TPSA) is 49.3 Å². The molecule has 0 aliphatic carbocycles. The molecular weight excluding hydrogens is 380 g/mol. The molecule has 0 spiro atoms. The van der Waals surface area contributed by atoms with E-state index in [1.807, 2.05) is 4.90 Å². The summed E-state index contributed by atoms with van der Waals surface area (Å²) in [5.41, 5.74) is 2.77. The first-order valence-corrected chi connectivity index (χ1v) is 11.4. The van der Waals surface area contributed by atoms with Crippen LogP contribution in [0.4, 0.5) is 5.13 Å². The molecule has 0 N–H and O–H groups in total. The van der Waals surface area contributed by atoms with Crippen LogP contribution in [0.25, 0.3) is 0 Å². The van der Waals surface area contributed by atoms with Gasteiger partial charge in [-0.3, -0.25) is 4.79 Å². The summed E-state index contributed by atoms with van der Waals surface area (Å²) in [5.74, 6) is 1.59. The fourth-order valence-corrected chi connectivity index (χ4v) is 4.76. The lowest BCUT2D eigenvalue weighted by Crippen LogP contribution is -2.49. The number of benzene rings is 1. The van der Waals surface area contributed by atoms with E-state index in [1.54, 1.807) is 0 Å². The molecule has 2 heterocycles. The molecule has 1 aromatic carbocycles. The first-order valence-electron chi connectivity index (χ1n) is 10.6. The van der Waals surface area contributed by atoms with Crippen LogP contribution in [-0.4, -0.2) is 46.3 Å². The van der Waals surface area contributed by atoms with Crippen LogP contribution in [0.2, 0.25) is 0 Å². The van der Waals surface area contributed by atoms with Gasteiger partial charge in [0.05, 0.1) is 0 Å². The molecule has 0 saturated carbocycles. The Morgan fingerprint density at radius 3 is 2.41 bits per heavy atom. The van der Waals surface area contributed by atoms with Gasteiger partial charge in [0.2, 0.25) is 11.0 Å². The smallest absolute Gasteiger partial charge is 0.222 e. The zero-order chi connectivity index (χ0) is 21.0. The number of aryl methyl sites for hydroxylation is 1. The van der Waals surface area contributed by atoms with Crippen molar-refractivity contribution in [3.05, 3.63) is 41.2 Å². The second-order valence-corrected chi connectivity index (χ2v) is 10.3. The Balaban J connectivity index is 1.48. The standard InChI is InChI=1S/C23H34N4OS/c1-17-6-8-19(9-7-17)15-20-24-22(29-25-20)27-12-10-26(11-13-27)21(28)14-18(2)16-23(3,4)5/h6-9,18H,10-16H2,1-5H3/t18-/m0/s1.